The Labute approximate surface area is 153 Å². The van der Waals surface area contributed by atoms with Gasteiger partial charge in [0.1, 0.15) is 5.75 Å². The fourth-order valence-electron chi connectivity index (χ4n) is 3.16. The number of carbonyl (C=O) groups excluding carboxylic acids is 1. The van der Waals surface area contributed by atoms with Crippen molar-refractivity contribution in [3.63, 3.8) is 0 Å². The number of amides is 1. The van der Waals surface area contributed by atoms with E-state index in [1.54, 1.807) is 11.3 Å². The van der Waals surface area contributed by atoms with Crippen LogP contribution in [0.4, 0.5) is 0 Å². The zero-order valence-electron chi connectivity index (χ0n) is 15.0. The van der Waals surface area contributed by atoms with Gasteiger partial charge in [-0.25, -0.2) is 0 Å². The molecule has 1 fully saturated rings. The van der Waals surface area contributed by atoms with Crippen LogP contribution in [-0.4, -0.2) is 37.0 Å². The van der Waals surface area contributed by atoms with Crippen LogP contribution < -0.4 is 10.1 Å². The van der Waals surface area contributed by atoms with Crippen molar-refractivity contribution in [2.24, 2.45) is 0 Å². The van der Waals surface area contributed by atoms with Crippen LogP contribution in [0.2, 0.25) is 0 Å². The Kier molecular flexibility index (Phi) is 6.10. The zero-order chi connectivity index (χ0) is 17.6. The first kappa shape index (κ1) is 18.0. The Morgan fingerprint density at radius 3 is 2.72 bits per heavy atom. The monoisotopic (exact) mass is 358 g/mol. The van der Waals surface area contributed by atoms with E-state index < -0.39 is 0 Å². The molecule has 2 heterocycles. The van der Waals surface area contributed by atoms with E-state index in [2.05, 4.69) is 34.7 Å². The molecule has 0 radical (unpaired) electrons. The third kappa shape index (κ3) is 4.83. The average molecular weight is 359 g/mol. The molecular formula is C20H26N2O2S. The standard InChI is InChI=1S/C20H26N2O2S/c1-15-7-8-17(12-16(15)2)24-14-20(23)21-13-18(19-6-5-11-25-19)22-9-3-4-10-22/h5-8,11-12,18H,3-4,9-10,13-14H2,1-2H3,(H,21,23)/t18-/m1/s1. The quantitative estimate of drug-likeness (QED) is 0.821. The zero-order valence-corrected chi connectivity index (χ0v) is 15.8. The van der Waals surface area contributed by atoms with Gasteiger partial charge in [0.2, 0.25) is 0 Å². The maximum absolute atomic E-state index is 12.2. The molecule has 5 heteroatoms. The predicted octanol–water partition coefficient (Wildman–Crippen LogP) is 3.70. The number of benzene rings is 1. The first-order valence-electron chi connectivity index (χ1n) is 8.87. The summed E-state index contributed by atoms with van der Waals surface area (Å²) in [4.78, 5) is 16.0. The molecule has 2 aromatic rings. The van der Waals surface area contributed by atoms with Crippen molar-refractivity contribution in [1.82, 2.24) is 10.2 Å². The molecule has 0 aliphatic carbocycles. The molecule has 1 saturated heterocycles. The Bertz CT molecular complexity index is 694. The summed E-state index contributed by atoms with van der Waals surface area (Å²) in [5.41, 5.74) is 2.39. The molecule has 0 unspecified atom stereocenters. The number of nitrogens with zero attached hydrogens (tertiary/aromatic N) is 1. The highest BCUT2D eigenvalue weighted by Crippen LogP contribution is 2.27. The number of nitrogens with one attached hydrogen (secondary N) is 1. The summed E-state index contributed by atoms with van der Waals surface area (Å²) in [7, 11) is 0. The van der Waals surface area contributed by atoms with E-state index in [1.807, 2.05) is 25.1 Å². The third-order valence-electron chi connectivity index (χ3n) is 4.79. The van der Waals surface area contributed by atoms with Crippen molar-refractivity contribution in [2.75, 3.05) is 26.2 Å². The van der Waals surface area contributed by atoms with Gasteiger partial charge in [-0.3, -0.25) is 9.69 Å². The number of carbonyl (C=O) groups is 1. The molecule has 1 aromatic carbocycles. The highest BCUT2D eigenvalue weighted by molar-refractivity contribution is 7.10. The van der Waals surface area contributed by atoms with Gasteiger partial charge in [-0.1, -0.05) is 12.1 Å². The van der Waals surface area contributed by atoms with E-state index in [0.29, 0.717) is 6.54 Å². The molecule has 1 aliphatic rings. The summed E-state index contributed by atoms with van der Waals surface area (Å²) in [6.45, 7) is 7.02. The van der Waals surface area contributed by atoms with Crippen LogP contribution in [0.3, 0.4) is 0 Å². The van der Waals surface area contributed by atoms with Gasteiger partial charge in [0.15, 0.2) is 6.61 Å². The summed E-state index contributed by atoms with van der Waals surface area (Å²) in [6, 6.07) is 10.4. The molecule has 0 saturated carbocycles. The molecule has 1 N–H and O–H groups in total. The van der Waals surface area contributed by atoms with E-state index in [1.165, 1.54) is 28.8 Å². The maximum atomic E-state index is 12.2. The predicted molar refractivity (Wildman–Crippen MR) is 102 cm³/mol. The second-order valence-electron chi connectivity index (χ2n) is 6.61. The number of aryl methyl sites for hydroxylation is 2. The largest absolute Gasteiger partial charge is 0.484 e. The van der Waals surface area contributed by atoms with Crippen molar-refractivity contribution in [2.45, 2.75) is 32.7 Å². The highest BCUT2D eigenvalue weighted by Gasteiger charge is 2.24. The molecule has 1 amide bonds. The van der Waals surface area contributed by atoms with Crippen molar-refractivity contribution in [3.8, 4) is 5.75 Å². The number of hydrogen-bond acceptors (Lipinski definition) is 4. The van der Waals surface area contributed by atoms with E-state index >= 15 is 0 Å². The molecule has 4 nitrogen and oxygen atoms in total. The normalized spacial score (nSPS) is 15.9. The molecule has 25 heavy (non-hydrogen) atoms. The van der Waals surface area contributed by atoms with E-state index in [9.17, 15) is 4.79 Å². The Balaban J connectivity index is 1.51. The minimum atomic E-state index is -0.0704. The minimum Gasteiger partial charge on any atom is -0.484 e. The van der Waals surface area contributed by atoms with Crippen molar-refractivity contribution in [1.29, 1.82) is 0 Å². The summed E-state index contributed by atoms with van der Waals surface area (Å²) in [6.07, 6.45) is 2.48. The van der Waals surface area contributed by atoms with Crippen LogP contribution in [-0.2, 0) is 4.79 Å². The smallest absolute Gasteiger partial charge is 0.258 e. The molecule has 3 rings (SSSR count). The number of ether oxygens (including phenoxy) is 1. The van der Waals surface area contributed by atoms with Gasteiger partial charge in [-0.05, 0) is 74.5 Å². The van der Waals surface area contributed by atoms with Gasteiger partial charge in [0.05, 0.1) is 6.04 Å². The molecular weight excluding hydrogens is 332 g/mol. The highest BCUT2D eigenvalue weighted by atomic mass is 32.1. The van der Waals surface area contributed by atoms with Gasteiger partial charge >= 0.3 is 0 Å². The average Bonchev–Trinajstić information content (AvgIpc) is 3.30. The second kappa shape index (κ2) is 8.50. The Hall–Kier alpha value is -1.85. The van der Waals surface area contributed by atoms with Crippen LogP contribution in [0.1, 0.15) is 34.9 Å². The van der Waals surface area contributed by atoms with Gasteiger partial charge in [-0.15, -0.1) is 11.3 Å². The summed E-state index contributed by atoms with van der Waals surface area (Å²) in [5, 5.41) is 5.15. The lowest BCUT2D eigenvalue weighted by molar-refractivity contribution is -0.123. The lowest BCUT2D eigenvalue weighted by Crippen LogP contribution is -2.38. The van der Waals surface area contributed by atoms with E-state index in [0.717, 1.165) is 18.8 Å². The first-order valence-corrected chi connectivity index (χ1v) is 9.75. The Morgan fingerprint density at radius 2 is 2.04 bits per heavy atom. The lowest BCUT2D eigenvalue weighted by Gasteiger charge is -2.26. The Morgan fingerprint density at radius 1 is 1.24 bits per heavy atom. The van der Waals surface area contributed by atoms with Crippen molar-refractivity contribution >= 4 is 17.2 Å². The van der Waals surface area contributed by atoms with Gasteiger partial charge < -0.3 is 10.1 Å². The van der Waals surface area contributed by atoms with Gasteiger partial charge in [0.25, 0.3) is 5.91 Å². The van der Waals surface area contributed by atoms with Crippen molar-refractivity contribution < 1.29 is 9.53 Å². The summed E-state index contributed by atoms with van der Waals surface area (Å²) in [5.74, 6) is 0.673. The lowest BCUT2D eigenvalue weighted by atomic mass is 10.1. The van der Waals surface area contributed by atoms with Crippen LogP contribution in [0.5, 0.6) is 5.75 Å². The van der Waals surface area contributed by atoms with Crippen molar-refractivity contribution in [3.05, 3.63) is 51.7 Å². The molecule has 0 bridgehead atoms. The molecule has 1 aliphatic heterocycles. The van der Waals surface area contributed by atoms with Crippen LogP contribution in [0, 0.1) is 13.8 Å². The summed E-state index contributed by atoms with van der Waals surface area (Å²) >= 11 is 1.76. The fraction of sp³-hybridized carbons (Fsp3) is 0.450. The number of hydrogen-bond donors (Lipinski definition) is 1. The topological polar surface area (TPSA) is 41.6 Å². The summed E-state index contributed by atoms with van der Waals surface area (Å²) < 4.78 is 5.63. The van der Waals surface area contributed by atoms with Crippen LogP contribution >= 0.6 is 11.3 Å². The fourth-order valence-corrected chi connectivity index (χ4v) is 4.02. The van der Waals surface area contributed by atoms with E-state index in [-0.39, 0.29) is 18.6 Å². The van der Waals surface area contributed by atoms with Gasteiger partial charge in [0, 0.05) is 11.4 Å². The van der Waals surface area contributed by atoms with Crippen LogP contribution in [0.25, 0.3) is 0 Å². The SMILES string of the molecule is Cc1ccc(OCC(=O)NC[C@H](c2cccs2)N2CCCC2)cc1C. The third-order valence-corrected chi connectivity index (χ3v) is 5.77. The molecule has 0 spiro atoms. The number of likely N-dealkylation sites (tertiary alicyclic amines) is 1. The number of rotatable bonds is 7. The van der Waals surface area contributed by atoms with E-state index in [4.69, 9.17) is 4.74 Å². The molecule has 1 aromatic heterocycles. The van der Waals surface area contributed by atoms with Gasteiger partial charge in [-0.2, -0.15) is 0 Å². The first-order chi connectivity index (χ1) is 12.1. The minimum absolute atomic E-state index is 0.0552. The number of thiophene rings is 1. The maximum Gasteiger partial charge on any atom is 0.258 e. The molecule has 134 valence electrons. The second-order valence-corrected chi connectivity index (χ2v) is 7.59. The molecule has 1 atom stereocenters. The van der Waals surface area contributed by atoms with Crippen LogP contribution in [0.15, 0.2) is 35.7 Å².